The maximum absolute atomic E-state index is 5.51. The van der Waals surface area contributed by atoms with Gasteiger partial charge < -0.3 is 5.73 Å². The van der Waals surface area contributed by atoms with Crippen molar-refractivity contribution in [1.29, 1.82) is 0 Å². The SMILES string of the molecule is NC1=CN=CC2=CCSC2=N1. The van der Waals surface area contributed by atoms with Gasteiger partial charge in [-0.3, -0.25) is 4.99 Å². The van der Waals surface area contributed by atoms with Crippen LogP contribution in [0.4, 0.5) is 0 Å². The Morgan fingerprint density at radius 2 is 2.45 bits per heavy atom. The molecular formula is C7H7N3S. The molecule has 0 spiro atoms. The van der Waals surface area contributed by atoms with E-state index < -0.39 is 0 Å². The third kappa shape index (κ3) is 1.21. The molecule has 0 radical (unpaired) electrons. The van der Waals surface area contributed by atoms with Crippen LogP contribution in [0.1, 0.15) is 0 Å². The van der Waals surface area contributed by atoms with Crippen LogP contribution >= 0.6 is 11.8 Å². The van der Waals surface area contributed by atoms with E-state index in [-0.39, 0.29) is 0 Å². The number of aliphatic imine (C=N–C) groups is 2. The van der Waals surface area contributed by atoms with Gasteiger partial charge in [0.1, 0.15) is 10.9 Å². The van der Waals surface area contributed by atoms with Crippen LogP contribution in [-0.4, -0.2) is 17.0 Å². The Morgan fingerprint density at radius 3 is 3.36 bits per heavy atom. The first-order chi connectivity index (χ1) is 5.36. The van der Waals surface area contributed by atoms with Crippen molar-refractivity contribution in [2.75, 3.05) is 5.75 Å². The molecule has 0 fully saturated rings. The minimum Gasteiger partial charge on any atom is -0.382 e. The largest absolute Gasteiger partial charge is 0.382 e. The van der Waals surface area contributed by atoms with Crippen molar-refractivity contribution < 1.29 is 0 Å². The molecule has 2 aliphatic heterocycles. The van der Waals surface area contributed by atoms with Crippen molar-refractivity contribution in [1.82, 2.24) is 0 Å². The van der Waals surface area contributed by atoms with E-state index in [0.717, 1.165) is 16.4 Å². The van der Waals surface area contributed by atoms with Crippen LogP contribution in [0.3, 0.4) is 0 Å². The van der Waals surface area contributed by atoms with Gasteiger partial charge in [0.15, 0.2) is 0 Å². The molecule has 0 saturated carbocycles. The van der Waals surface area contributed by atoms with Crippen LogP contribution in [0.25, 0.3) is 0 Å². The molecule has 2 heterocycles. The van der Waals surface area contributed by atoms with Gasteiger partial charge in [-0.1, -0.05) is 6.08 Å². The molecule has 2 rings (SSSR count). The highest BCUT2D eigenvalue weighted by molar-refractivity contribution is 8.15. The zero-order valence-corrected chi connectivity index (χ0v) is 6.64. The molecular weight excluding hydrogens is 158 g/mol. The minimum absolute atomic E-state index is 0.481. The first-order valence-electron chi connectivity index (χ1n) is 3.27. The summed E-state index contributed by atoms with van der Waals surface area (Å²) < 4.78 is 0. The number of rotatable bonds is 0. The van der Waals surface area contributed by atoms with Crippen molar-refractivity contribution >= 4 is 23.0 Å². The van der Waals surface area contributed by atoms with E-state index in [9.17, 15) is 0 Å². The van der Waals surface area contributed by atoms with Gasteiger partial charge in [0.2, 0.25) is 0 Å². The van der Waals surface area contributed by atoms with E-state index in [4.69, 9.17) is 5.73 Å². The molecule has 0 unspecified atom stereocenters. The zero-order valence-electron chi connectivity index (χ0n) is 5.82. The minimum atomic E-state index is 0.481. The summed E-state index contributed by atoms with van der Waals surface area (Å²) in [5.74, 6) is 1.46. The van der Waals surface area contributed by atoms with Gasteiger partial charge in [0.25, 0.3) is 0 Å². The second-order valence-electron chi connectivity index (χ2n) is 2.22. The maximum atomic E-state index is 5.51. The van der Waals surface area contributed by atoms with Crippen molar-refractivity contribution in [3.8, 4) is 0 Å². The van der Waals surface area contributed by atoms with Gasteiger partial charge >= 0.3 is 0 Å². The van der Waals surface area contributed by atoms with E-state index in [1.807, 2.05) is 0 Å². The summed E-state index contributed by atoms with van der Waals surface area (Å²) in [7, 11) is 0. The first kappa shape index (κ1) is 6.67. The average Bonchev–Trinajstić information content (AvgIpc) is 2.31. The molecule has 4 heteroatoms. The molecule has 2 aliphatic rings. The van der Waals surface area contributed by atoms with Crippen molar-refractivity contribution in [3.63, 3.8) is 0 Å². The molecule has 0 bridgehead atoms. The second-order valence-corrected chi connectivity index (χ2v) is 3.23. The Labute approximate surface area is 68.8 Å². The summed E-state index contributed by atoms with van der Waals surface area (Å²) in [6.45, 7) is 0. The zero-order chi connectivity index (χ0) is 7.68. The summed E-state index contributed by atoms with van der Waals surface area (Å²) in [6.07, 6.45) is 5.45. The number of nitrogens with zero attached hydrogens (tertiary/aromatic N) is 2. The van der Waals surface area contributed by atoms with Crippen LogP contribution < -0.4 is 5.73 Å². The van der Waals surface area contributed by atoms with Crippen LogP contribution in [0.2, 0.25) is 0 Å². The highest BCUT2D eigenvalue weighted by atomic mass is 32.2. The predicted octanol–water partition coefficient (Wildman–Crippen LogP) is 0.900. The van der Waals surface area contributed by atoms with Gasteiger partial charge in [-0.2, -0.15) is 0 Å². The third-order valence-corrected chi connectivity index (χ3v) is 2.36. The molecule has 0 atom stereocenters. The smallest absolute Gasteiger partial charge is 0.143 e. The lowest BCUT2D eigenvalue weighted by Gasteiger charge is -1.93. The fraction of sp³-hybridized carbons (Fsp3) is 0.143. The standard InChI is InChI=1S/C7H7N3S/c8-6-4-9-3-5-1-2-11-7(5)10-6/h1,3-4H,2,8H2. The van der Waals surface area contributed by atoms with Gasteiger partial charge in [-0.05, 0) is 0 Å². The van der Waals surface area contributed by atoms with Gasteiger partial charge in [-0.25, -0.2) is 4.99 Å². The fourth-order valence-electron chi connectivity index (χ4n) is 0.926. The lowest BCUT2D eigenvalue weighted by atomic mass is 10.3. The number of nitrogens with two attached hydrogens (primary N) is 1. The second kappa shape index (κ2) is 2.54. The first-order valence-corrected chi connectivity index (χ1v) is 4.25. The predicted molar refractivity (Wildman–Crippen MR) is 48.7 cm³/mol. The number of hydrogen-bond acceptors (Lipinski definition) is 4. The highest BCUT2D eigenvalue weighted by Gasteiger charge is 2.13. The number of thioether (sulfide) groups is 1. The van der Waals surface area contributed by atoms with Crippen LogP contribution in [0, 0.1) is 0 Å². The van der Waals surface area contributed by atoms with Crippen LogP contribution in [0.5, 0.6) is 0 Å². The van der Waals surface area contributed by atoms with Gasteiger partial charge in [-0.15, -0.1) is 11.8 Å². The van der Waals surface area contributed by atoms with Gasteiger partial charge in [0, 0.05) is 17.5 Å². The van der Waals surface area contributed by atoms with Crippen molar-refractivity contribution in [2.45, 2.75) is 0 Å². The van der Waals surface area contributed by atoms with Crippen molar-refractivity contribution in [3.05, 3.63) is 23.7 Å². The molecule has 11 heavy (non-hydrogen) atoms. The third-order valence-electron chi connectivity index (χ3n) is 1.42. The molecule has 0 aromatic rings. The van der Waals surface area contributed by atoms with E-state index in [0.29, 0.717) is 5.82 Å². The topological polar surface area (TPSA) is 50.7 Å². The molecule has 3 nitrogen and oxygen atoms in total. The Kier molecular flexibility index (Phi) is 1.54. The van der Waals surface area contributed by atoms with Crippen LogP contribution in [0.15, 0.2) is 33.7 Å². The number of fused-ring (bicyclic) bond motifs is 1. The number of hydrogen-bond donors (Lipinski definition) is 1. The molecule has 0 amide bonds. The Hall–Kier alpha value is -1.03. The van der Waals surface area contributed by atoms with Crippen LogP contribution in [-0.2, 0) is 0 Å². The van der Waals surface area contributed by atoms with Gasteiger partial charge in [0.05, 0.1) is 6.20 Å². The maximum Gasteiger partial charge on any atom is 0.143 e. The van der Waals surface area contributed by atoms with E-state index in [2.05, 4.69) is 16.1 Å². The van der Waals surface area contributed by atoms with E-state index in [1.54, 1.807) is 24.2 Å². The average molecular weight is 165 g/mol. The fourth-order valence-corrected chi connectivity index (χ4v) is 1.82. The quantitative estimate of drug-likeness (QED) is 0.579. The monoisotopic (exact) mass is 165 g/mol. The van der Waals surface area contributed by atoms with E-state index >= 15 is 0 Å². The lowest BCUT2D eigenvalue weighted by molar-refractivity contribution is 1.23. The Bertz CT molecular complexity index is 299. The lowest BCUT2D eigenvalue weighted by Crippen LogP contribution is -1.97. The summed E-state index contributed by atoms with van der Waals surface area (Å²) in [5, 5.41) is 0.986. The molecule has 0 aliphatic carbocycles. The molecule has 0 aromatic carbocycles. The Morgan fingerprint density at radius 1 is 1.55 bits per heavy atom. The highest BCUT2D eigenvalue weighted by Crippen LogP contribution is 2.22. The van der Waals surface area contributed by atoms with Crippen molar-refractivity contribution in [2.24, 2.45) is 15.7 Å². The summed E-state index contributed by atoms with van der Waals surface area (Å²) >= 11 is 1.69. The molecule has 2 N–H and O–H groups in total. The molecule has 0 saturated heterocycles. The molecule has 0 aromatic heterocycles. The van der Waals surface area contributed by atoms with E-state index in [1.165, 1.54) is 0 Å². The molecule has 56 valence electrons. The normalized spacial score (nSPS) is 21.6. The summed E-state index contributed by atoms with van der Waals surface area (Å²) in [4.78, 5) is 8.15. The summed E-state index contributed by atoms with van der Waals surface area (Å²) in [5.41, 5.74) is 6.60. The Balaban J connectivity index is 2.43. The summed E-state index contributed by atoms with van der Waals surface area (Å²) in [6, 6.07) is 0.